The number of morpholine rings is 1. The molecule has 1 aliphatic rings. The standard InChI is InChI=1S/C21H19N5O2S/c1-14-22-17(13-29-14)21(27)25-9-10-28-19(12-25)20-18-8-7-16(11-26(18)24-23-20)15-5-3-2-4-6-15/h2-8,11,13,19H,9-10,12H2,1H3. The molecule has 0 bridgehead atoms. The van der Waals surface area contributed by atoms with E-state index < -0.39 is 0 Å². The summed E-state index contributed by atoms with van der Waals surface area (Å²) in [6.45, 7) is 3.34. The van der Waals surface area contributed by atoms with Crippen molar-refractivity contribution in [3.63, 3.8) is 0 Å². The Kier molecular flexibility index (Phi) is 4.57. The van der Waals surface area contributed by atoms with E-state index in [2.05, 4.69) is 33.5 Å². The van der Waals surface area contributed by atoms with Crippen LogP contribution in [0, 0.1) is 6.92 Å². The number of rotatable bonds is 3. The second-order valence-electron chi connectivity index (χ2n) is 6.95. The zero-order chi connectivity index (χ0) is 19.8. The molecule has 1 saturated heterocycles. The van der Waals surface area contributed by atoms with Crippen molar-refractivity contribution in [2.24, 2.45) is 0 Å². The summed E-state index contributed by atoms with van der Waals surface area (Å²) in [5.74, 6) is -0.0644. The van der Waals surface area contributed by atoms with Gasteiger partial charge in [-0.2, -0.15) is 0 Å². The monoisotopic (exact) mass is 405 g/mol. The van der Waals surface area contributed by atoms with E-state index in [4.69, 9.17) is 4.74 Å². The lowest BCUT2D eigenvalue weighted by atomic mass is 10.1. The lowest BCUT2D eigenvalue weighted by molar-refractivity contribution is -0.0242. The molecule has 1 fully saturated rings. The van der Waals surface area contributed by atoms with E-state index in [9.17, 15) is 4.79 Å². The van der Waals surface area contributed by atoms with Crippen LogP contribution in [0.25, 0.3) is 16.6 Å². The number of aromatic nitrogens is 4. The minimum Gasteiger partial charge on any atom is -0.368 e. The van der Waals surface area contributed by atoms with E-state index in [1.54, 1.807) is 14.8 Å². The predicted molar refractivity (Wildman–Crippen MR) is 110 cm³/mol. The fourth-order valence-corrected chi connectivity index (χ4v) is 4.15. The van der Waals surface area contributed by atoms with Gasteiger partial charge in [0.25, 0.3) is 5.91 Å². The van der Waals surface area contributed by atoms with Gasteiger partial charge in [-0.05, 0) is 18.6 Å². The van der Waals surface area contributed by atoms with Crippen LogP contribution in [0.5, 0.6) is 0 Å². The number of hydrogen-bond donors (Lipinski definition) is 0. The van der Waals surface area contributed by atoms with Crippen molar-refractivity contribution in [3.05, 3.63) is 70.4 Å². The van der Waals surface area contributed by atoms with E-state index in [-0.39, 0.29) is 12.0 Å². The molecule has 7 nitrogen and oxygen atoms in total. The number of aryl methyl sites for hydroxylation is 1. The quantitative estimate of drug-likeness (QED) is 0.523. The summed E-state index contributed by atoms with van der Waals surface area (Å²) < 4.78 is 7.71. The summed E-state index contributed by atoms with van der Waals surface area (Å²) in [6.07, 6.45) is 1.65. The minimum atomic E-state index is -0.312. The van der Waals surface area contributed by atoms with Gasteiger partial charge >= 0.3 is 0 Å². The maximum Gasteiger partial charge on any atom is 0.273 e. The van der Waals surface area contributed by atoms with Crippen LogP contribution in [-0.2, 0) is 4.74 Å². The Labute approximate surface area is 171 Å². The summed E-state index contributed by atoms with van der Waals surface area (Å²) in [5, 5.41) is 11.3. The van der Waals surface area contributed by atoms with E-state index in [0.29, 0.717) is 25.4 Å². The molecule has 1 aromatic carbocycles. The molecule has 146 valence electrons. The Morgan fingerprint density at radius 1 is 1.17 bits per heavy atom. The molecular formula is C21H19N5O2S. The Morgan fingerprint density at radius 3 is 2.83 bits per heavy atom. The second-order valence-corrected chi connectivity index (χ2v) is 8.01. The lowest BCUT2D eigenvalue weighted by Gasteiger charge is -2.31. The molecule has 5 rings (SSSR count). The highest BCUT2D eigenvalue weighted by molar-refractivity contribution is 7.09. The first-order valence-corrected chi connectivity index (χ1v) is 10.3. The highest BCUT2D eigenvalue weighted by atomic mass is 32.1. The van der Waals surface area contributed by atoms with Gasteiger partial charge in [-0.15, -0.1) is 16.4 Å². The first-order valence-electron chi connectivity index (χ1n) is 9.42. The topological polar surface area (TPSA) is 72.6 Å². The van der Waals surface area contributed by atoms with Crippen LogP contribution in [0.15, 0.2) is 54.0 Å². The first-order chi connectivity index (χ1) is 14.2. The van der Waals surface area contributed by atoms with Gasteiger partial charge in [-0.1, -0.05) is 41.6 Å². The van der Waals surface area contributed by atoms with Gasteiger partial charge in [-0.25, -0.2) is 9.50 Å². The largest absolute Gasteiger partial charge is 0.368 e. The number of carbonyl (C=O) groups excluding carboxylic acids is 1. The number of hydrogen-bond acceptors (Lipinski definition) is 6. The smallest absolute Gasteiger partial charge is 0.273 e. The molecule has 0 N–H and O–H groups in total. The number of ether oxygens (including phenoxy) is 1. The summed E-state index contributed by atoms with van der Waals surface area (Å²) in [5.41, 5.74) is 4.31. The van der Waals surface area contributed by atoms with Crippen LogP contribution in [0.3, 0.4) is 0 Å². The number of fused-ring (bicyclic) bond motifs is 1. The number of nitrogens with zero attached hydrogens (tertiary/aromatic N) is 5. The summed E-state index contributed by atoms with van der Waals surface area (Å²) in [6, 6.07) is 14.2. The van der Waals surface area contributed by atoms with Gasteiger partial charge in [0.2, 0.25) is 0 Å². The molecule has 1 atom stereocenters. The third-order valence-corrected chi connectivity index (χ3v) is 5.82. The summed E-state index contributed by atoms with van der Waals surface area (Å²) in [7, 11) is 0. The number of carbonyl (C=O) groups is 1. The van der Waals surface area contributed by atoms with Gasteiger partial charge in [0.1, 0.15) is 17.5 Å². The van der Waals surface area contributed by atoms with E-state index in [1.807, 2.05) is 37.4 Å². The Bertz CT molecular complexity index is 1170. The van der Waals surface area contributed by atoms with Crippen LogP contribution in [0.1, 0.15) is 27.3 Å². The van der Waals surface area contributed by atoms with Crippen molar-refractivity contribution in [1.29, 1.82) is 0 Å². The Hall–Kier alpha value is -3.10. The second kappa shape index (κ2) is 7.38. The molecule has 4 aromatic rings. The predicted octanol–water partition coefficient (Wildman–Crippen LogP) is 3.37. The van der Waals surface area contributed by atoms with E-state index in [0.717, 1.165) is 27.3 Å². The van der Waals surface area contributed by atoms with Crippen molar-refractivity contribution in [2.75, 3.05) is 19.7 Å². The highest BCUT2D eigenvalue weighted by Gasteiger charge is 2.30. The molecule has 1 amide bonds. The van der Waals surface area contributed by atoms with Crippen LogP contribution < -0.4 is 0 Å². The lowest BCUT2D eigenvalue weighted by Crippen LogP contribution is -2.42. The molecule has 29 heavy (non-hydrogen) atoms. The Balaban J connectivity index is 1.41. The average molecular weight is 405 g/mol. The van der Waals surface area contributed by atoms with Crippen LogP contribution >= 0.6 is 11.3 Å². The van der Waals surface area contributed by atoms with Crippen LogP contribution in [-0.4, -0.2) is 50.3 Å². The molecule has 0 spiro atoms. The number of pyridine rings is 1. The fraction of sp³-hybridized carbons (Fsp3) is 0.238. The fourth-order valence-electron chi connectivity index (χ4n) is 3.57. The van der Waals surface area contributed by atoms with Crippen molar-refractivity contribution in [3.8, 4) is 11.1 Å². The van der Waals surface area contributed by atoms with Gasteiger partial charge in [0, 0.05) is 23.7 Å². The van der Waals surface area contributed by atoms with Gasteiger partial charge in [0.15, 0.2) is 0 Å². The first kappa shape index (κ1) is 18.0. The van der Waals surface area contributed by atoms with Crippen molar-refractivity contribution < 1.29 is 9.53 Å². The number of thiazole rings is 1. The van der Waals surface area contributed by atoms with E-state index >= 15 is 0 Å². The van der Waals surface area contributed by atoms with Gasteiger partial charge in [-0.3, -0.25) is 4.79 Å². The average Bonchev–Trinajstić information content (AvgIpc) is 3.39. The zero-order valence-corrected chi connectivity index (χ0v) is 16.7. The molecule has 1 unspecified atom stereocenters. The summed E-state index contributed by atoms with van der Waals surface area (Å²) >= 11 is 1.48. The zero-order valence-electron chi connectivity index (χ0n) is 15.9. The molecule has 3 aromatic heterocycles. The van der Waals surface area contributed by atoms with Crippen molar-refractivity contribution in [2.45, 2.75) is 13.0 Å². The highest BCUT2D eigenvalue weighted by Crippen LogP contribution is 2.27. The van der Waals surface area contributed by atoms with Gasteiger partial charge in [0.05, 0.1) is 23.7 Å². The molecular weight excluding hydrogens is 386 g/mol. The maximum atomic E-state index is 12.8. The van der Waals surface area contributed by atoms with Crippen LogP contribution in [0.4, 0.5) is 0 Å². The molecule has 0 radical (unpaired) electrons. The van der Waals surface area contributed by atoms with E-state index in [1.165, 1.54) is 11.3 Å². The maximum absolute atomic E-state index is 12.8. The van der Waals surface area contributed by atoms with Crippen molar-refractivity contribution in [1.82, 2.24) is 24.7 Å². The number of amides is 1. The SMILES string of the molecule is Cc1nc(C(=O)N2CCOC(c3nnn4cc(-c5ccccc5)ccc34)C2)cs1. The van der Waals surface area contributed by atoms with Crippen molar-refractivity contribution >= 4 is 22.8 Å². The number of benzene rings is 1. The normalized spacial score (nSPS) is 17.0. The summed E-state index contributed by atoms with van der Waals surface area (Å²) in [4.78, 5) is 18.9. The Morgan fingerprint density at radius 2 is 2.03 bits per heavy atom. The third kappa shape index (κ3) is 3.41. The third-order valence-electron chi connectivity index (χ3n) is 5.04. The molecule has 8 heteroatoms. The molecule has 4 heterocycles. The molecule has 1 aliphatic heterocycles. The molecule has 0 saturated carbocycles. The minimum absolute atomic E-state index is 0.0644. The molecule has 0 aliphatic carbocycles. The van der Waals surface area contributed by atoms with Crippen LogP contribution in [0.2, 0.25) is 0 Å². The van der Waals surface area contributed by atoms with Gasteiger partial charge < -0.3 is 9.64 Å².